The van der Waals surface area contributed by atoms with Gasteiger partial charge in [-0.3, -0.25) is 0 Å². The zero-order valence-corrected chi connectivity index (χ0v) is 17.8. The second-order valence-corrected chi connectivity index (χ2v) is 7.60. The zero-order chi connectivity index (χ0) is 22.5. The number of nitrogens with one attached hydrogen (secondary N) is 1. The summed E-state index contributed by atoms with van der Waals surface area (Å²) in [6.45, 7) is 2.54. The third-order valence-corrected chi connectivity index (χ3v) is 5.40. The molecule has 0 aliphatic carbocycles. The average molecular weight is 438 g/mol. The third kappa shape index (κ3) is 4.89. The molecule has 2 heterocycles. The molecule has 4 rings (SSSR count). The molecule has 8 heteroatoms. The van der Waals surface area contributed by atoms with E-state index in [0.29, 0.717) is 48.1 Å². The van der Waals surface area contributed by atoms with Gasteiger partial charge in [0, 0.05) is 36.8 Å². The lowest BCUT2D eigenvalue weighted by Gasteiger charge is -2.16. The minimum absolute atomic E-state index is 0.163. The van der Waals surface area contributed by atoms with Crippen molar-refractivity contribution in [2.45, 2.75) is 19.0 Å². The van der Waals surface area contributed by atoms with Crippen LogP contribution in [0.25, 0.3) is 10.9 Å². The molecule has 6 nitrogen and oxygen atoms in total. The van der Waals surface area contributed by atoms with Crippen LogP contribution in [-0.4, -0.2) is 54.4 Å². The molecule has 1 N–H and O–H groups in total. The van der Waals surface area contributed by atoms with Gasteiger partial charge in [0.05, 0.1) is 24.8 Å². The molecule has 1 atom stereocenters. The van der Waals surface area contributed by atoms with Crippen LogP contribution < -0.4 is 14.8 Å². The Balaban J connectivity index is 1.52. The predicted octanol–water partition coefficient (Wildman–Crippen LogP) is 4.32. The molecular formula is C24H24F2N4O2. The highest BCUT2D eigenvalue weighted by molar-refractivity contribution is 5.93. The summed E-state index contributed by atoms with van der Waals surface area (Å²) in [6, 6.07) is 8.04. The van der Waals surface area contributed by atoms with E-state index in [2.05, 4.69) is 26.1 Å². The summed E-state index contributed by atoms with van der Waals surface area (Å²) >= 11 is 0. The van der Waals surface area contributed by atoms with Crippen LogP contribution in [0.4, 0.5) is 20.3 Å². The molecule has 1 saturated heterocycles. The van der Waals surface area contributed by atoms with Crippen LogP contribution in [0.5, 0.6) is 11.5 Å². The summed E-state index contributed by atoms with van der Waals surface area (Å²) in [4.78, 5) is 10.7. The average Bonchev–Trinajstić information content (AvgIpc) is 3.22. The van der Waals surface area contributed by atoms with Gasteiger partial charge in [-0.1, -0.05) is 5.92 Å². The van der Waals surface area contributed by atoms with Crippen molar-refractivity contribution < 1.29 is 18.3 Å². The Morgan fingerprint density at radius 2 is 2.12 bits per heavy atom. The first-order valence-corrected chi connectivity index (χ1v) is 10.4. The Morgan fingerprint density at radius 1 is 1.25 bits per heavy atom. The number of hydrogen-bond acceptors (Lipinski definition) is 6. The summed E-state index contributed by atoms with van der Waals surface area (Å²) < 4.78 is 38.5. The van der Waals surface area contributed by atoms with Gasteiger partial charge in [0.1, 0.15) is 24.1 Å². The van der Waals surface area contributed by atoms with Gasteiger partial charge in [0.25, 0.3) is 0 Å². The lowest BCUT2D eigenvalue weighted by Crippen LogP contribution is -2.23. The van der Waals surface area contributed by atoms with Crippen LogP contribution in [0, 0.1) is 18.2 Å². The molecule has 3 aromatic rings. The van der Waals surface area contributed by atoms with Gasteiger partial charge in [0.2, 0.25) is 0 Å². The van der Waals surface area contributed by atoms with Gasteiger partial charge >= 0.3 is 0 Å². The summed E-state index contributed by atoms with van der Waals surface area (Å²) in [7, 11) is 1.57. The van der Waals surface area contributed by atoms with E-state index in [1.54, 1.807) is 25.3 Å². The number of rotatable bonds is 8. The number of fused-ring (bicyclic) bond motifs is 1. The normalized spacial score (nSPS) is 16.1. The monoisotopic (exact) mass is 438 g/mol. The van der Waals surface area contributed by atoms with Crippen molar-refractivity contribution in [2.24, 2.45) is 0 Å². The number of ether oxygens (including phenoxy) is 2. The fourth-order valence-electron chi connectivity index (χ4n) is 3.75. The second-order valence-electron chi connectivity index (χ2n) is 7.60. The molecular weight excluding hydrogens is 414 g/mol. The van der Waals surface area contributed by atoms with Crippen LogP contribution in [0.1, 0.15) is 18.4 Å². The van der Waals surface area contributed by atoms with E-state index in [0.717, 1.165) is 24.9 Å². The molecule has 0 spiro atoms. The second kappa shape index (κ2) is 9.79. The molecule has 0 bridgehead atoms. The molecule has 0 radical (unpaired) electrons. The molecule has 32 heavy (non-hydrogen) atoms. The number of aromatic nitrogens is 2. The Bertz CT molecular complexity index is 1150. The first-order valence-electron chi connectivity index (χ1n) is 10.4. The maximum Gasteiger partial charge on any atom is 0.162 e. The van der Waals surface area contributed by atoms with E-state index >= 15 is 0 Å². The van der Waals surface area contributed by atoms with Gasteiger partial charge in [-0.25, -0.2) is 18.7 Å². The number of nitrogens with zero attached hydrogens (tertiary/aromatic N) is 3. The van der Waals surface area contributed by atoms with Gasteiger partial charge in [-0.2, -0.15) is 0 Å². The van der Waals surface area contributed by atoms with Crippen molar-refractivity contribution in [3.05, 3.63) is 48.0 Å². The molecule has 166 valence electrons. The van der Waals surface area contributed by atoms with Crippen molar-refractivity contribution >= 4 is 22.4 Å². The molecule has 1 fully saturated rings. The van der Waals surface area contributed by atoms with Crippen LogP contribution in [0.2, 0.25) is 0 Å². The van der Waals surface area contributed by atoms with Crippen molar-refractivity contribution in [1.82, 2.24) is 14.9 Å². The van der Waals surface area contributed by atoms with E-state index in [1.807, 2.05) is 6.07 Å². The van der Waals surface area contributed by atoms with Crippen LogP contribution in [-0.2, 0) is 0 Å². The SMILES string of the molecule is C#Cc1cc(Nc2ncnc3cc(OC)c(OCCCN4CC[C@@H](F)C4)cc23)ccc1F. The van der Waals surface area contributed by atoms with Crippen molar-refractivity contribution in [1.29, 1.82) is 0 Å². The first-order chi connectivity index (χ1) is 15.6. The number of methoxy groups -OCH3 is 1. The Labute approximate surface area is 185 Å². The Morgan fingerprint density at radius 3 is 2.88 bits per heavy atom. The van der Waals surface area contributed by atoms with Gasteiger partial charge in [-0.15, -0.1) is 6.42 Å². The summed E-state index contributed by atoms with van der Waals surface area (Å²) in [6.07, 6.45) is 7.45. The van der Waals surface area contributed by atoms with Gasteiger partial charge in [-0.05, 0) is 37.1 Å². The van der Waals surface area contributed by atoms with E-state index in [1.165, 1.54) is 12.4 Å². The molecule has 0 unspecified atom stereocenters. The minimum Gasteiger partial charge on any atom is -0.493 e. The molecule has 0 amide bonds. The molecule has 1 aromatic heterocycles. The Kier molecular flexibility index (Phi) is 6.66. The first kappa shape index (κ1) is 21.8. The smallest absolute Gasteiger partial charge is 0.162 e. The maximum absolute atomic E-state index is 13.7. The molecule has 1 aliphatic rings. The predicted molar refractivity (Wildman–Crippen MR) is 120 cm³/mol. The molecule has 2 aromatic carbocycles. The largest absolute Gasteiger partial charge is 0.493 e. The number of hydrogen-bond donors (Lipinski definition) is 1. The van der Waals surface area contributed by atoms with Crippen molar-refractivity contribution in [2.75, 3.05) is 38.7 Å². The third-order valence-electron chi connectivity index (χ3n) is 5.40. The molecule has 1 aliphatic heterocycles. The quantitative estimate of drug-likeness (QED) is 0.418. The topological polar surface area (TPSA) is 59.5 Å². The van der Waals surface area contributed by atoms with Gasteiger partial charge in [0.15, 0.2) is 11.5 Å². The molecule has 0 saturated carbocycles. The van der Waals surface area contributed by atoms with E-state index < -0.39 is 12.0 Å². The number of alkyl halides is 1. The number of likely N-dealkylation sites (tertiary alicyclic amines) is 1. The van der Waals surface area contributed by atoms with Gasteiger partial charge < -0.3 is 19.7 Å². The number of benzene rings is 2. The van der Waals surface area contributed by atoms with Crippen LogP contribution in [0.3, 0.4) is 0 Å². The standard InChI is InChI=1S/C24H24F2N4O2/c1-3-16-11-18(5-6-20(16)26)29-24-19-12-23(22(31-2)13-21(19)27-15-28-24)32-10-4-8-30-9-7-17(25)14-30/h1,5-6,11-13,15,17H,4,7-10,14H2,2H3,(H,27,28,29)/t17-/m1/s1. The van der Waals surface area contributed by atoms with Crippen LogP contribution in [0.15, 0.2) is 36.7 Å². The lowest BCUT2D eigenvalue weighted by atomic mass is 10.1. The summed E-state index contributed by atoms with van der Waals surface area (Å²) in [5, 5.41) is 3.89. The van der Waals surface area contributed by atoms with Crippen molar-refractivity contribution in [3.63, 3.8) is 0 Å². The number of halogens is 2. The van der Waals surface area contributed by atoms with E-state index in [-0.39, 0.29) is 5.56 Å². The minimum atomic E-state index is -0.722. The number of anilines is 2. The fraction of sp³-hybridized carbons (Fsp3) is 0.333. The Hall–Kier alpha value is -3.44. The zero-order valence-electron chi connectivity index (χ0n) is 17.8. The highest BCUT2D eigenvalue weighted by atomic mass is 19.1. The summed E-state index contributed by atoms with van der Waals surface area (Å²) in [5.41, 5.74) is 1.43. The fourth-order valence-corrected chi connectivity index (χ4v) is 3.75. The maximum atomic E-state index is 13.7. The summed E-state index contributed by atoms with van der Waals surface area (Å²) in [5.74, 6) is 3.52. The number of terminal acetylenes is 1. The lowest BCUT2D eigenvalue weighted by molar-refractivity contribution is 0.243. The highest BCUT2D eigenvalue weighted by Gasteiger charge is 2.21. The van der Waals surface area contributed by atoms with E-state index in [9.17, 15) is 8.78 Å². The highest BCUT2D eigenvalue weighted by Crippen LogP contribution is 2.35. The van der Waals surface area contributed by atoms with Crippen LogP contribution >= 0.6 is 0 Å². The van der Waals surface area contributed by atoms with E-state index in [4.69, 9.17) is 15.9 Å². The van der Waals surface area contributed by atoms with Crippen molar-refractivity contribution in [3.8, 4) is 23.8 Å².